The molecule has 0 aliphatic carbocycles. The van der Waals surface area contributed by atoms with Gasteiger partial charge in [0.25, 0.3) is 5.91 Å². The standard InChI is InChI=1S/C21H23NO4/c1-22-21(25)17-10-8-16(9-11-17)20(24)14-18(23)5-3-4-15-6-12-19(26-2)13-7-15/h6-13H,3-5,14H2,1-2H3,(H,22,25). The van der Waals surface area contributed by atoms with Crippen molar-refractivity contribution in [2.24, 2.45) is 0 Å². The number of benzene rings is 2. The van der Waals surface area contributed by atoms with Crippen molar-refractivity contribution in [3.8, 4) is 5.75 Å². The van der Waals surface area contributed by atoms with E-state index in [-0.39, 0.29) is 23.9 Å². The van der Waals surface area contributed by atoms with E-state index < -0.39 is 0 Å². The lowest BCUT2D eigenvalue weighted by Gasteiger charge is -2.05. The highest BCUT2D eigenvalue weighted by molar-refractivity contribution is 6.08. The highest BCUT2D eigenvalue weighted by Gasteiger charge is 2.12. The van der Waals surface area contributed by atoms with Gasteiger partial charge < -0.3 is 10.1 Å². The molecule has 0 bridgehead atoms. The summed E-state index contributed by atoms with van der Waals surface area (Å²) in [7, 11) is 3.17. The molecule has 0 spiro atoms. The molecule has 0 heterocycles. The number of nitrogens with one attached hydrogen (secondary N) is 1. The van der Waals surface area contributed by atoms with Crippen LogP contribution in [0.1, 0.15) is 45.5 Å². The van der Waals surface area contributed by atoms with E-state index in [1.54, 1.807) is 38.4 Å². The Labute approximate surface area is 153 Å². The molecule has 5 heteroatoms. The van der Waals surface area contributed by atoms with Gasteiger partial charge in [-0.05, 0) is 42.7 Å². The molecule has 0 radical (unpaired) electrons. The van der Waals surface area contributed by atoms with Gasteiger partial charge in [-0.25, -0.2) is 0 Å². The van der Waals surface area contributed by atoms with Crippen molar-refractivity contribution < 1.29 is 19.1 Å². The third kappa shape index (κ3) is 5.55. The topological polar surface area (TPSA) is 72.5 Å². The maximum Gasteiger partial charge on any atom is 0.251 e. The highest BCUT2D eigenvalue weighted by atomic mass is 16.5. The lowest BCUT2D eigenvalue weighted by Crippen LogP contribution is -2.17. The van der Waals surface area contributed by atoms with E-state index >= 15 is 0 Å². The monoisotopic (exact) mass is 353 g/mol. The molecule has 136 valence electrons. The SMILES string of the molecule is CNC(=O)c1ccc(C(=O)CC(=O)CCCc2ccc(OC)cc2)cc1. The van der Waals surface area contributed by atoms with Crippen molar-refractivity contribution >= 4 is 17.5 Å². The van der Waals surface area contributed by atoms with Crippen LogP contribution in [0.2, 0.25) is 0 Å². The van der Waals surface area contributed by atoms with Crippen LogP contribution in [0.25, 0.3) is 0 Å². The van der Waals surface area contributed by atoms with Gasteiger partial charge in [-0.1, -0.05) is 24.3 Å². The Morgan fingerprint density at radius 2 is 1.54 bits per heavy atom. The number of carbonyl (C=O) groups is 3. The third-order valence-electron chi connectivity index (χ3n) is 4.13. The number of Topliss-reactive ketones (excluding diaryl/α,β-unsaturated/α-hetero) is 2. The van der Waals surface area contributed by atoms with Crippen LogP contribution in [0.4, 0.5) is 0 Å². The van der Waals surface area contributed by atoms with E-state index in [0.29, 0.717) is 24.0 Å². The summed E-state index contributed by atoms with van der Waals surface area (Å²) in [5.74, 6) is 0.304. The van der Waals surface area contributed by atoms with Crippen LogP contribution >= 0.6 is 0 Å². The summed E-state index contributed by atoms with van der Waals surface area (Å²) in [5.41, 5.74) is 2.06. The normalized spacial score (nSPS) is 10.2. The van der Waals surface area contributed by atoms with Crippen molar-refractivity contribution in [1.82, 2.24) is 5.32 Å². The molecule has 0 atom stereocenters. The van der Waals surface area contributed by atoms with Gasteiger partial charge in [0.15, 0.2) is 5.78 Å². The first-order valence-electron chi connectivity index (χ1n) is 8.53. The van der Waals surface area contributed by atoms with Crippen LogP contribution in [0, 0.1) is 0 Å². The molecule has 2 rings (SSSR count). The number of ketones is 2. The van der Waals surface area contributed by atoms with E-state index in [9.17, 15) is 14.4 Å². The molecule has 0 saturated heterocycles. The van der Waals surface area contributed by atoms with Gasteiger partial charge >= 0.3 is 0 Å². The van der Waals surface area contributed by atoms with Crippen molar-refractivity contribution in [2.45, 2.75) is 25.7 Å². The second-order valence-corrected chi connectivity index (χ2v) is 6.00. The maximum absolute atomic E-state index is 12.2. The van der Waals surface area contributed by atoms with Crippen LogP contribution in [-0.2, 0) is 11.2 Å². The second kappa shape index (κ2) is 9.51. The quantitative estimate of drug-likeness (QED) is 0.555. The lowest BCUT2D eigenvalue weighted by atomic mass is 10.0. The lowest BCUT2D eigenvalue weighted by molar-refractivity contribution is -0.118. The Balaban J connectivity index is 1.79. The molecule has 2 aromatic carbocycles. The number of rotatable bonds is 9. The van der Waals surface area contributed by atoms with Crippen LogP contribution in [0.3, 0.4) is 0 Å². The highest BCUT2D eigenvalue weighted by Crippen LogP contribution is 2.14. The summed E-state index contributed by atoms with van der Waals surface area (Å²) < 4.78 is 5.11. The van der Waals surface area contributed by atoms with Crippen molar-refractivity contribution in [1.29, 1.82) is 0 Å². The van der Waals surface area contributed by atoms with Crippen molar-refractivity contribution in [2.75, 3.05) is 14.2 Å². The number of amides is 1. The van der Waals surface area contributed by atoms with Crippen LogP contribution in [0.15, 0.2) is 48.5 Å². The van der Waals surface area contributed by atoms with Gasteiger partial charge in [-0.2, -0.15) is 0 Å². The molecular formula is C21H23NO4. The molecule has 0 unspecified atom stereocenters. The Hall–Kier alpha value is -2.95. The van der Waals surface area contributed by atoms with Gasteiger partial charge in [0.05, 0.1) is 13.5 Å². The number of aryl methyl sites for hydroxylation is 1. The molecular weight excluding hydrogens is 330 g/mol. The van der Waals surface area contributed by atoms with E-state index in [2.05, 4.69) is 5.32 Å². The summed E-state index contributed by atoms with van der Waals surface area (Å²) >= 11 is 0. The Bertz CT molecular complexity index is 764. The predicted octanol–water partition coefficient (Wildman–Crippen LogP) is 3.22. The van der Waals surface area contributed by atoms with Gasteiger partial charge in [-0.15, -0.1) is 0 Å². The predicted molar refractivity (Wildman–Crippen MR) is 99.7 cm³/mol. The van der Waals surface area contributed by atoms with E-state index in [0.717, 1.165) is 17.7 Å². The second-order valence-electron chi connectivity index (χ2n) is 6.00. The average molecular weight is 353 g/mol. The summed E-state index contributed by atoms with van der Waals surface area (Å²) in [5, 5.41) is 2.52. The van der Waals surface area contributed by atoms with Gasteiger partial charge in [0, 0.05) is 24.6 Å². The zero-order valence-corrected chi connectivity index (χ0v) is 15.1. The molecule has 1 N–H and O–H groups in total. The van der Waals surface area contributed by atoms with E-state index in [1.165, 1.54) is 0 Å². The summed E-state index contributed by atoms with van der Waals surface area (Å²) in [6.45, 7) is 0. The molecule has 0 aliphatic rings. The minimum atomic E-state index is -0.220. The molecule has 0 saturated carbocycles. The minimum Gasteiger partial charge on any atom is -0.497 e. The molecule has 26 heavy (non-hydrogen) atoms. The molecule has 0 aliphatic heterocycles. The third-order valence-corrected chi connectivity index (χ3v) is 4.13. The summed E-state index contributed by atoms with van der Waals surface area (Å²) in [4.78, 5) is 35.7. The molecule has 5 nitrogen and oxygen atoms in total. The first kappa shape index (κ1) is 19.4. The largest absolute Gasteiger partial charge is 0.497 e. The van der Waals surface area contributed by atoms with Crippen LogP contribution in [-0.4, -0.2) is 31.6 Å². The number of hydrogen-bond acceptors (Lipinski definition) is 4. The fourth-order valence-corrected chi connectivity index (χ4v) is 2.60. The van der Waals surface area contributed by atoms with Gasteiger partial charge in [0.1, 0.15) is 11.5 Å². The van der Waals surface area contributed by atoms with Crippen LogP contribution < -0.4 is 10.1 Å². The van der Waals surface area contributed by atoms with Crippen LogP contribution in [0.5, 0.6) is 5.75 Å². The Morgan fingerprint density at radius 3 is 2.12 bits per heavy atom. The van der Waals surface area contributed by atoms with E-state index in [1.807, 2.05) is 24.3 Å². The van der Waals surface area contributed by atoms with Crippen molar-refractivity contribution in [3.63, 3.8) is 0 Å². The molecule has 0 aromatic heterocycles. The Morgan fingerprint density at radius 1 is 0.923 bits per heavy atom. The average Bonchev–Trinajstić information content (AvgIpc) is 2.68. The van der Waals surface area contributed by atoms with E-state index in [4.69, 9.17) is 4.74 Å². The molecule has 1 amide bonds. The maximum atomic E-state index is 12.2. The minimum absolute atomic E-state index is 0.0705. The fourth-order valence-electron chi connectivity index (χ4n) is 2.60. The molecule has 0 fully saturated rings. The number of ether oxygens (including phenoxy) is 1. The van der Waals surface area contributed by atoms with Crippen molar-refractivity contribution in [3.05, 3.63) is 65.2 Å². The number of carbonyl (C=O) groups excluding carboxylic acids is 3. The fraction of sp³-hybridized carbons (Fsp3) is 0.286. The zero-order valence-electron chi connectivity index (χ0n) is 15.1. The first-order chi connectivity index (χ1) is 12.5. The smallest absolute Gasteiger partial charge is 0.251 e. The van der Waals surface area contributed by atoms with Gasteiger partial charge in [-0.3, -0.25) is 14.4 Å². The summed E-state index contributed by atoms with van der Waals surface area (Å²) in [6, 6.07) is 14.1. The Kier molecular flexibility index (Phi) is 7.09. The summed E-state index contributed by atoms with van der Waals surface area (Å²) in [6.07, 6.45) is 1.74. The number of hydrogen-bond donors (Lipinski definition) is 1. The molecule has 2 aromatic rings. The number of methoxy groups -OCH3 is 1. The zero-order chi connectivity index (χ0) is 18.9. The van der Waals surface area contributed by atoms with Gasteiger partial charge in [0.2, 0.25) is 0 Å². The first-order valence-corrected chi connectivity index (χ1v) is 8.53.